The van der Waals surface area contributed by atoms with Gasteiger partial charge in [-0.1, -0.05) is 20.3 Å². The maximum Gasteiger partial charge on any atom is 0.326 e. The number of nitrogens with one attached hydrogen (secondary N) is 2. The van der Waals surface area contributed by atoms with Crippen molar-refractivity contribution in [3.8, 4) is 0 Å². The first-order valence-electron chi connectivity index (χ1n) is 6.69. The molecule has 0 aromatic heterocycles. The van der Waals surface area contributed by atoms with E-state index in [1.54, 1.807) is 6.92 Å². The lowest BCUT2D eigenvalue weighted by Gasteiger charge is -2.22. The van der Waals surface area contributed by atoms with Crippen molar-refractivity contribution in [3.05, 3.63) is 0 Å². The van der Waals surface area contributed by atoms with Crippen molar-refractivity contribution in [1.29, 1.82) is 0 Å². The number of carbonyl (C=O) groups is 3. The quantitative estimate of drug-likeness (QED) is 0.497. The van der Waals surface area contributed by atoms with Crippen molar-refractivity contribution in [2.24, 2.45) is 5.92 Å². The Hall–Kier alpha value is -1.63. The molecule has 116 valence electrons. The van der Waals surface area contributed by atoms with Gasteiger partial charge in [0.05, 0.1) is 12.5 Å². The highest BCUT2D eigenvalue weighted by atomic mass is 16.4. The minimum atomic E-state index is -1.10. The molecule has 7 heteroatoms. The van der Waals surface area contributed by atoms with Crippen molar-refractivity contribution in [2.75, 3.05) is 0 Å². The molecule has 4 N–H and O–H groups in total. The van der Waals surface area contributed by atoms with E-state index >= 15 is 0 Å². The van der Waals surface area contributed by atoms with Crippen molar-refractivity contribution in [1.82, 2.24) is 10.6 Å². The molecule has 0 aromatic carbocycles. The molecule has 0 heterocycles. The number of aliphatic hydroxyl groups is 1. The molecule has 2 amide bonds. The predicted molar refractivity (Wildman–Crippen MR) is 72.9 cm³/mol. The second-order valence-electron chi connectivity index (χ2n) is 5.05. The largest absolute Gasteiger partial charge is 0.480 e. The van der Waals surface area contributed by atoms with E-state index in [-0.39, 0.29) is 12.3 Å². The molecule has 7 nitrogen and oxygen atoms in total. The van der Waals surface area contributed by atoms with Crippen molar-refractivity contribution in [3.63, 3.8) is 0 Å². The first-order chi connectivity index (χ1) is 9.18. The van der Waals surface area contributed by atoms with Gasteiger partial charge >= 0.3 is 5.97 Å². The number of carboxylic acids is 1. The summed E-state index contributed by atoms with van der Waals surface area (Å²) in [5.41, 5.74) is 0. The second kappa shape index (κ2) is 8.52. The Labute approximate surface area is 118 Å². The van der Waals surface area contributed by atoms with Gasteiger partial charge in [-0.2, -0.15) is 0 Å². The van der Waals surface area contributed by atoms with Gasteiger partial charge in [-0.3, -0.25) is 9.59 Å². The first kappa shape index (κ1) is 18.4. The molecule has 0 radical (unpaired) electrons. The van der Waals surface area contributed by atoms with E-state index < -0.39 is 36.0 Å². The molecular formula is C13H24N2O5. The molecular weight excluding hydrogens is 264 g/mol. The SMILES string of the molecule is CC[C@H](C)[C@H](NC(=O)[C@H](C)NC(=O)CC(C)O)C(=O)O. The van der Waals surface area contributed by atoms with E-state index in [1.807, 2.05) is 6.92 Å². The van der Waals surface area contributed by atoms with Crippen molar-refractivity contribution >= 4 is 17.8 Å². The smallest absolute Gasteiger partial charge is 0.326 e. The highest BCUT2D eigenvalue weighted by molar-refractivity contribution is 5.90. The Morgan fingerprint density at radius 3 is 2.05 bits per heavy atom. The lowest BCUT2D eigenvalue weighted by molar-refractivity contribution is -0.143. The van der Waals surface area contributed by atoms with Gasteiger partial charge in [0.2, 0.25) is 11.8 Å². The number of aliphatic carboxylic acids is 1. The molecule has 20 heavy (non-hydrogen) atoms. The van der Waals surface area contributed by atoms with E-state index in [4.69, 9.17) is 10.2 Å². The van der Waals surface area contributed by atoms with Crippen LogP contribution in [0.3, 0.4) is 0 Å². The van der Waals surface area contributed by atoms with E-state index in [0.29, 0.717) is 6.42 Å². The summed E-state index contributed by atoms with van der Waals surface area (Å²) in [5.74, 6) is -2.33. The normalized spacial score (nSPS) is 16.6. The van der Waals surface area contributed by atoms with Crippen LogP contribution < -0.4 is 10.6 Å². The van der Waals surface area contributed by atoms with Crippen LogP contribution in [0.15, 0.2) is 0 Å². The molecule has 1 unspecified atom stereocenters. The van der Waals surface area contributed by atoms with Crippen molar-refractivity contribution in [2.45, 2.75) is 58.7 Å². The molecule has 4 atom stereocenters. The fourth-order valence-electron chi connectivity index (χ4n) is 1.60. The summed E-state index contributed by atoms with van der Waals surface area (Å²) >= 11 is 0. The number of rotatable bonds is 8. The van der Waals surface area contributed by atoms with E-state index in [9.17, 15) is 14.4 Å². The highest BCUT2D eigenvalue weighted by Crippen LogP contribution is 2.08. The van der Waals surface area contributed by atoms with Gasteiger partial charge in [-0.05, 0) is 19.8 Å². The average molecular weight is 288 g/mol. The van der Waals surface area contributed by atoms with Gasteiger partial charge in [-0.15, -0.1) is 0 Å². The fourth-order valence-corrected chi connectivity index (χ4v) is 1.60. The molecule has 0 aliphatic rings. The summed E-state index contributed by atoms with van der Waals surface area (Å²) in [6.07, 6.45) is -0.289. The Morgan fingerprint density at radius 1 is 1.10 bits per heavy atom. The summed E-state index contributed by atoms with van der Waals surface area (Å²) in [4.78, 5) is 34.3. The van der Waals surface area contributed by atoms with Gasteiger partial charge in [0.15, 0.2) is 0 Å². The monoisotopic (exact) mass is 288 g/mol. The number of aliphatic hydroxyl groups excluding tert-OH is 1. The second-order valence-corrected chi connectivity index (χ2v) is 5.05. The summed E-state index contributed by atoms with van der Waals surface area (Å²) in [6, 6.07) is -1.84. The topological polar surface area (TPSA) is 116 Å². The molecule has 0 saturated carbocycles. The number of carboxylic acid groups (broad SMARTS) is 1. The lowest BCUT2D eigenvalue weighted by Crippen LogP contribution is -2.52. The van der Waals surface area contributed by atoms with Crippen LogP contribution in [0.4, 0.5) is 0 Å². The number of carbonyl (C=O) groups excluding carboxylic acids is 2. The molecule has 0 aliphatic heterocycles. The summed E-state index contributed by atoms with van der Waals surface area (Å²) < 4.78 is 0. The van der Waals surface area contributed by atoms with E-state index in [1.165, 1.54) is 13.8 Å². The summed E-state index contributed by atoms with van der Waals surface area (Å²) in [6.45, 7) is 6.49. The lowest BCUT2D eigenvalue weighted by atomic mass is 9.99. The van der Waals surface area contributed by atoms with Crippen LogP contribution in [0.25, 0.3) is 0 Å². The van der Waals surface area contributed by atoms with Crippen LogP contribution >= 0.6 is 0 Å². The maximum atomic E-state index is 11.8. The Kier molecular flexibility index (Phi) is 7.83. The Bertz CT molecular complexity index is 357. The standard InChI is InChI=1S/C13H24N2O5/c1-5-7(2)11(13(19)20)15-12(18)9(4)14-10(17)6-8(3)16/h7-9,11,16H,5-6H2,1-4H3,(H,14,17)(H,15,18)(H,19,20)/t7-,8?,9-,11-/m0/s1. The average Bonchev–Trinajstić information content (AvgIpc) is 2.32. The van der Waals surface area contributed by atoms with Gasteiger partial charge < -0.3 is 20.8 Å². The van der Waals surface area contributed by atoms with Crippen LogP contribution in [-0.4, -0.2) is 46.2 Å². The predicted octanol–water partition coefficient (Wildman–Crippen LogP) is -0.122. The zero-order chi connectivity index (χ0) is 15.9. The van der Waals surface area contributed by atoms with Gasteiger partial charge in [0.1, 0.15) is 12.1 Å². The van der Waals surface area contributed by atoms with Crippen molar-refractivity contribution < 1.29 is 24.6 Å². The number of hydrogen-bond donors (Lipinski definition) is 4. The Balaban J connectivity index is 4.50. The number of amides is 2. The maximum absolute atomic E-state index is 11.8. The molecule has 0 aromatic rings. The van der Waals surface area contributed by atoms with Crippen LogP contribution in [0.1, 0.15) is 40.5 Å². The third kappa shape index (κ3) is 6.51. The molecule has 0 rings (SSSR count). The van der Waals surface area contributed by atoms with E-state index in [0.717, 1.165) is 0 Å². The first-order valence-corrected chi connectivity index (χ1v) is 6.69. The fraction of sp³-hybridized carbons (Fsp3) is 0.769. The Morgan fingerprint density at radius 2 is 1.65 bits per heavy atom. The van der Waals surface area contributed by atoms with Crippen LogP contribution in [0.2, 0.25) is 0 Å². The zero-order valence-electron chi connectivity index (χ0n) is 12.3. The molecule has 0 aliphatic carbocycles. The summed E-state index contributed by atoms with van der Waals surface area (Å²) in [5, 5.41) is 22.9. The molecule has 0 saturated heterocycles. The van der Waals surface area contributed by atoms with Crippen LogP contribution in [-0.2, 0) is 14.4 Å². The minimum Gasteiger partial charge on any atom is -0.480 e. The molecule has 0 bridgehead atoms. The summed E-state index contributed by atoms with van der Waals surface area (Å²) in [7, 11) is 0. The third-order valence-electron chi connectivity index (χ3n) is 3.03. The number of hydrogen-bond acceptors (Lipinski definition) is 4. The van der Waals surface area contributed by atoms with Gasteiger partial charge in [0, 0.05) is 0 Å². The molecule has 0 fully saturated rings. The third-order valence-corrected chi connectivity index (χ3v) is 3.03. The van der Waals surface area contributed by atoms with Crippen LogP contribution in [0, 0.1) is 5.92 Å². The van der Waals surface area contributed by atoms with Gasteiger partial charge in [-0.25, -0.2) is 4.79 Å². The highest BCUT2D eigenvalue weighted by Gasteiger charge is 2.27. The van der Waals surface area contributed by atoms with Gasteiger partial charge in [0.25, 0.3) is 0 Å². The van der Waals surface area contributed by atoms with Crippen LogP contribution in [0.5, 0.6) is 0 Å². The molecule has 0 spiro atoms. The zero-order valence-corrected chi connectivity index (χ0v) is 12.3. The minimum absolute atomic E-state index is 0.106. The van der Waals surface area contributed by atoms with E-state index in [2.05, 4.69) is 10.6 Å².